The number of nitrogens with one attached hydrogen (secondary N) is 2. The minimum Gasteiger partial charge on any atom is -0.316 e. The molecule has 0 unspecified atom stereocenters. The second-order valence-corrected chi connectivity index (χ2v) is 5.20. The largest absolute Gasteiger partial charge is 0.316 e. The Morgan fingerprint density at radius 3 is 1.95 bits per heavy atom. The highest BCUT2D eigenvalue weighted by atomic mass is 16.5. The second-order valence-electron chi connectivity index (χ2n) is 5.20. The lowest BCUT2D eigenvalue weighted by Crippen LogP contribution is -2.26. The number of benzene rings is 2. The summed E-state index contributed by atoms with van der Waals surface area (Å²) in [5.41, 5.74) is 4.23. The van der Waals surface area contributed by atoms with Gasteiger partial charge in [0.15, 0.2) is 0 Å². The average molecular weight is 298 g/mol. The maximum atomic E-state index is 11.0. The molecule has 116 valence electrons. The number of hydroxylamine groups is 1. The Morgan fingerprint density at radius 1 is 0.909 bits per heavy atom. The van der Waals surface area contributed by atoms with Crippen molar-refractivity contribution in [3.05, 3.63) is 71.8 Å². The molecule has 0 fully saturated rings. The number of amides is 1. The molecule has 4 nitrogen and oxygen atoms in total. The van der Waals surface area contributed by atoms with Crippen molar-refractivity contribution in [2.75, 3.05) is 13.1 Å². The summed E-state index contributed by atoms with van der Waals surface area (Å²) in [6.45, 7) is 1.37. The minimum absolute atomic E-state index is 0.276. The van der Waals surface area contributed by atoms with E-state index < -0.39 is 0 Å². The first-order valence-electron chi connectivity index (χ1n) is 7.55. The van der Waals surface area contributed by atoms with Crippen LogP contribution in [0.3, 0.4) is 0 Å². The Balaban J connectivity index is 1.93. The number of hydrogen-bond acceptors (Lipinski definition) is 3. The first kappa shape index (κ1) is 16.2. The van der Waals surface area contributed by atoms with E-state index in [4.69, 9.17) is 5.21 Å². The van der Waals surface area contributed by atoms with Gasteiger partial charge in [0.05, 0.1) is 0 Å². The van der Waals surface area contributed by atoms with Gasteiger partial charge in [-0.2, -0.15) is 0 Å². The maximum Gasteiger partial charge on any atom is 0.244 e. The third-order valence-electron chi connectivity index (χ3n) is 3.67. The van der Waals surface area contributed by atoms with Crippen molar-refractivity contribution in [3.63, 3.8) is 0 Å². The molecule has 0 bridgehead atoms. The summed E-state index contributed by atoms with van der Waals surface area (Å²) in [4.78, 5) is 11.0. The van der Waals surface area contributed by atoms with Gasteiger partial charge in [-0.25, -0.2) is 5.48 Å². The zero-order valence-corrected chi connectivity index (χ0v) is 12.5. The van der Waals surface area contributed by atoms with Gasteiger partial charge in [-0.15, -0.1) is 0 Å². The van der Waals surface area contributed by atoms with Crippen LogP contribution in [0.15, 0.2) is 60.7 Å². The molecule has 0 aliphatic carbocycles. The molecular weight excluding hydrogens is 276 g/mol. The Hall–Kier alpha value is -2.17. The van der Waals surface area contributed by atoms with Gasteiger partial charge < -0.3 is 5.32 Å². The van der Waals surface area contributed by atoms with Gasteiger partial charge in [-0.05, 0) is 24.1 Å². The number of carbonyl (C=O) groups is 1. The third kappa shape index (κ3) is 4.98. The monoisotopic (exact) mass is 298 g/mol. The fraction of sp³-hybridized carbons (Fsp3) is 0.278. The summed E-state index contributed by atoms with van der Waals surface area (Å²) in [5, 5.41) is 11.7. The lowest BCUT2D eigenvalue weighted by Gasteiger charge is -2.18. The summed E-state index contributed by atoms with van der Waals surface area (Å²) in [6.07, 6.45) is 1.23. The number of hydrogen-bond donors (Lipinski definition) is 3. The van der Waals surface area contributed by atoms with Crippen LogP contribution < -0.4 is 10.8 Å². The van der Waals surface area contributed by atoms with E-state index in [0.717, 1.165) is 13.0 Å². The molecule has 0 aromatic heterocycles. The van der Waals surface area contributed by atoms with Crippen LogP contribution in [0.1, 0.15) is 29.9 Å². The van der Waals surface area contributed by atoms with E-state index in [-0.39, 0.29) is 12.3 Å². The van der Waals surface area contributed by atoms with Gasteiger partial charge in [0.1, 0.15) is 0 Å². The smallest absolute Gasteiger partial charge is 0.244 e. The van der Waals surface area contributed by atoms with Crippen LogP contribution in [0.25, 0.3) is 0 Å². The molecule has 22 heavy (non-hydrogen) atoms. The Labute approximate surface area is 131 Å². The Morgan fingerprint density at radius 2 is 1.45 bits per heavy atom. The van der Waals surface area contributed by atoms with Crippen molar-refractivity contribution in [1.29, 1.82) is 0 Å². The average Bonchev–Trinajstić information content (AvgIpc) is 2.59. The number of rotatable bonds is 8. The predicted octanol–water partition coefficient (Wildman–Crippen LogP) is 2.69. The van der Waals surface area contributed by atoms with Crippen LogP contribution in [0.2, 0.25) is 0 Å². The van der Waals surface area contributed by atoms with Crippen LogP contribution in [-0.2, 0) is 4.79 Å². The second kappa shape index (κ2) is 8.97. The van der Waals surface area contributed by atoms with Crippen molar-refractivity contribution in [2.24, 2.45) is 0 Å². The molecule has 0 aliphatic heterocycles. The van der Waals surface area contributed by atoms with Crippen molar-refractivity contribution < 1.29 is 10.0 Å². The van der Waals surface area contributed by atoms with Crippen molar-refractivity contribution in [3.8, 4) is 0 Å². The molecule has 0 spiro atoms. The highest BCUT2D eigenvalue weighted by molar-refractivity contribution is 5.74. The first-order valence-corrected chi connectivity index (χ1v) is 7.55. The number of carbonyl (C=O) groups excluding carboxylic acids is 1. The molecule has 0 saturated carbocycles. The SMILES string of the molecule is O=C(CCNCCC(c1ccccc1)c1ccccc1)NO. The zero-order valence-electron chi connectivity index (χ0n) is 12.5. The molecule has 0 atom stereocenters. The molecule has 2 rings (SSSR count). The lowest BCUT2D eigenvalue weighted by atomic mass is 9.88. The molecule has 2 aromatic carbocycles. The van der Waals surface area contributed by atoms with Crippen molar-refractivity contribution in [2.45, 2.75) is 18.8 Å². The van der Waals surface area contributed by atoms with E-state index in [1.807, 2.05) is 12.1 Å². The predicted molar refractivity (Wildman–Crippen MR) is 86.8 cm³/mol. The fourth-order valence-electron chi connectivity index (χ4n) is 2.53. The lowest BCUT2D eigenvalue weighted by molar-refractivity contribution is -0.129. The third-order valence-corrected chi connectivity index (χ3v) is 3.67. The zero-order chi connectivity index (χ0) is 15.6. The topological polar surface area (TPSA) is 61.4 Å². The van der Waals surface area contributed by atoms with Crippen LogP contribution in [0.4, 0.5) is 0 Å². The maximum absolute atomic E-state index is 11.0. The fourth-order valence-corrected chi connectivity index (χ4v) is 2.53. The highest BCUT2D eigenvalue weighted by Gasteiger charge is 2.13. The van der Waals surface area contributed by atoms with Crippen molar-refractivity contribution >= 4 is 5.91 Å². The standard InChI is InChI=1S/C18H22N2O2/c21-18(20-22)12-14-19-13-11-17(15-7-3-1-4-8-15)16-9-5-2-6-10-16/h1-10,17,19,22H,11-14H2,(H,20,21). The first-order chi connectivity index (χ1) is 10.8. The highest BCUT2D eigenvalue weighted by Crippen LogP contribution is 2.27. The van der Waals surface area contributed by atoms with E-state index in [2.05, 4.69) is 53.8 Å². The normalized spacial score (nSPS) is 10.6. The molecule has 2 aromatic rings. The van der Waals surface area contributed by atoms with Crippen LogP contribution in [0, 0.1) is 0 Å². The molecule has 1 amide bonds. The molecular formula is C18H22N2O2. The summed E-state index contributed by atoms with van der Waals surface area (Å²) in [6, 6.07) is 20.9. The quantitative estimate of drug-likeness (QED) is 0.399. The minimum atomic E-state index is -0.366. The van der Waals surface area contributed by atoms with Gasteiger partial charge in [0.2, 0.25) is 5.91 Å². The van der Waals surface area contributed by atoms with Gasteiger partial charge in [-0.3, -0.25) is 10.0 Å². The molecule has 0 radical (unpaired) electrons. The van der Waals surface area contributed by atoms with Crippen molar-refractivity contribution in [1.82, 2.24) is 10.8 Å². The van der Waals surface area contributed by atoms with E-state index in [9.17, 15) is 4.79 Å². The Bertz CT molecular complexity index is 518. The summed E-state index contributed by atoms with van der Waals surface area (Å²) in [5.74, 6) is -0.0308. The van der Waals surface area contributed by atoms with Crippen LogP contribution in [-0.4, -0.2) is 24.2 Å². The Kier molecular flexibility index (Phi) is 6.61. The van der Waals surface area contributed by atoms with Gasteiger partial charge >= 0.3 is 0 Å². The van der Waals surface area contributed by atoms with Gasteiger partial charge in [-0.1, -0.05) is 60.7 Å². The van der Waals surface area contributed by atoms with Crippen LogP contribution in [0.5, 0.6) is 0 Å². The van der Waals surface area contributed by atoms with Crippen LogP contribution >= 0.6 is 0 Å². The summed E-state index contributed by atoms with van der Waals surface area (Å²) >= 11 is 0. The summed E-state index contributed by atoms with van der Waals surface area (Å²) < 4.78 is 0. The van der Waals surface area contributed by atoms with Gasteiger partial charge in [0, 0.05) is 18.9 Å². The van der Waals surface area contributed by atoms with E-state index in [1.165, 1.54) is 11.1 Å². The van der Waals surface area contributed by atoms with E-state index in [0.29, 0.717) is 12.5 Å². The molecule has 4 heteroatoms. The van der Waals surface area contributed by atoms with E-state index >= 15 is 0 Å². The summed E-state index contributed by atoms with van der Waals surface area (Å²) in [7, 11) is 0. The molecule has 3 N–H and O–H groups in total. The van der Waals surface area contributed by atoms with Gasteiger partial charge in [0.25, 0.3) is 0 Å². The molecule has 0 aliphatic rings. The molecule has 0 heterocycles. The molecule has 0 saturated heterocycles. The van der Waals surface area contributed by atoms with E-state index in [1.54, 1.807) is 5.48 Å².